The average molecular weight is 445 g/mol. The third-order valence-corrected chi connectivity index (χ3v) is 3.31. The van der Waals surface area contributed by atoms with Crippen LogP contribution in [-0.2, 0) is 13.0 Å². The molecule has 0 saturated heterocycles. The van der Waals surface area contributed by atoms with Gasteiger partial charge in [-0.2, -0.15) is 5.10 Å². The van der Waals surface area contributed by atoms with Crippen LogP contribution in [0, 0.1) is 5.82 Å². The van der Waals surface area contributed by atoms with Crippen molar-refractivity contribution >= 4 is 29.9 Å². The predicted molar refractivity (Wildman–Crippen MR) is 106 cm³/mol. The van der Waals surface area contributed by atoms with E-state index in [0.29, 0.717) is 6.54 Å². The molecule has 1 aromatic heterocycles. The topological polar surface area (TPSA) is 54.2 Å². The first-order valence-electron chi connectivity index (χ1n) is 8.02. The second-order valence-corrected chi connectivity index (χ2v) is 5.19. The molecule has 0 fully saturated rings. The summed E-state index contributed by atoms with van der Waals surface area (Å²) in [7, 11) is 0. The Bertz CT molecular complexity index is 601. The number of benzene rings is 1. The Labute approximate surface area is 159 Å². The van der Waals surface area contributed by atoms with E-state index >= 15 is 0 Å². The van der Waals surface area contributed by atoms with E-state index in [9.17, 15) is 4.39 Å². The van der Waals surface area contributed by atoms with Gasteiger partial charge < -0.3 is 10.6 Å². The average Bonchev–Trinajstić information content (AvgIpc) is 3.05. The molecule has 0 aliphatic heterocycles. The van der Waals surface area contributed by atoms with Crippen LogP contribution in [0.25, 0.3) is 0 Å². The quantitative estimate of drug-likeness (QED) is 0.285. The monoisotopic (exact) mass is 445 g/mol. The first-order chi connectivity index (χ1) is 11.3. The number of nitrogens with zero attached hydrogens (tertiary/aromatic N) is 3. The van der Waals surface area contributed by atoms with E-state index in [0.717, 1.165) is 44.0 Å². The molecule has 132 valence electrons. The van der Waals surface area contributed by atoms with E-state index in [1.165, 1.54) is 6.07 Å². The highest BCUT2D eigenvalue weighted by Gasteiger charge is 1.99. The molecule has 2 aromatic rings. The van der Waals surface area contributed by atoms with Crippen molar-refractivity contribution in [3.8, 4) is 0 Å². The van der Waals surface area contributed by atoms with Crippen molar-refractivity contribution in [3.05, 3.63) is 54.1 Å². The van der Waals surface area contributed by atoms with Crippen LogP contribution in [0.5, 0.6) is 0 Å². The zero-order valence-electron chi connectivity index (χ0n) is 13.9. The largest absolute Gasteiger partial charge is 0.357 e. The normalized spacial score (nSPS) is 11.0. The van der Waals surface area contributed by atoms with Crippen LogP contribution in [0.3, 0.4) is 0 Å². The first kappa shape index (κ1) is 20.4. The van der Waals surface area contributed by atoms with Crippen LogP contribution < -0.4 is 10.6 Å². The summed E-state index contributed by atoms with van der Waals surface area (Å²) < 4.78 is 15.0. The van der Waals surface area contributed by atoms with Gasteiger partial charge in [-0.15, -0.1) is 24.0 Å². The van der Waals surface area contributed by atoms with Gasteiger partial charge in [-0.1, -0.05) is 12.1 Å². The zero-order valence-corrected chi connectivity index (χ0v) is 16.2. The van der Waals surface area contributed by atoms with Gasteiger partial charge in [0.15, 0.2) is 5.96 Å². The molecular formula is C17H25FIN5. The molecule has 24 heavy (non-hydrogen) atoms. The Kier molecular flexibility index (Phi) is 10.1. The maximum absolute atomic E-state index is 13.1. The van der Waals surface area contributed by atoms with Gasteiger partial charge in [0.25, 0.3) is 0 Å². The molecule has 0 aliphatic rings. The van der Waals surface area contributed by atoms with E-state index in [2.05, 4.69) is 20.7 Å². The highest BCUT2D eigenvalue weighted by molar-refractivity contribution is 14.0. The zero-order chi connectivity index (χ0) is 16.3. The molecule has 0 aliphatic carbocycles. The van der Waals surface area contributed by atoms with E-state index in [-0.39, 0.29) is 29.8 Å². The van der Waals surface area contributed by atoms with Gasteiger partial charge in [-0.3, -0.25) is 9.67 Å². The lowest BCUT2D eigenvalue weighted by Gasteiger charge is -2.11. The number of hydrogen-bond acceptors (Lipinski definition) is 2. The summed E-state index contributed by atoms with van der Waals surface area (Å²) in [4.78, 5) is 4.54. The molecule has 0 atom stereocenters. The Morgan fingerprint density at radius 1 is 1.29 bits per heavy atom. The Morgan fingerprint density at radius 2 is 2.17 bits per heavy atom. The van der Waals surface area contributed by atoms with E-state index < -0.39 is 0 Å². The molecule has 0 radical (unpaired) electrons. The molecule has 0 spiro atoms. The van der Waals surface area contributed by atoms with Crippen LogP contribution in [0.1, 0.15) is 18.9 Å². The summed E-state index contributed by atoms with van der Waals surface area (Å²) in [6, 6.07) is 8.61. The number of nitrogens with one attached hydrogen (secondary N) is 2. The summed E-state index contributed by atoms with van der Waals surface area (Å²) in [5, 5.41) is 10.7. The minimum atomic E-state index is -0.193. The van der Waals surface area contributed by atoms with Crippen molar-refractivity contribution in [3.63, 3.8) is 0 Å². The Hall–Kier alpha value is -1.64. The molecule has 7 heteroatoms. The van der Waals surface area contributed by atoms with Gasteiger partial charge in [0.2, 0.25) is 0 Å². The fraction of sp³-hybridized carbons (Fsp3) is 0.412. The van der Waals surface area contributed by atoms with Gasteiger partial charge in [-0.05, 0) is 43.5 Å². The van der Waals surface area contributed by atoms with Gasteiger partial charge in [0, 0.05) is 38.6 Å². The fourth-order valence-corrected chi connectivity index (χ4v) is 2.22. The number of guanidine groups is 1. The maximum atomic E-state index is 13.1. The lowest BCUT2D eigenvalue weighted by atomic mass is 10.1. The minimum absolute atomic E-state index is 0. The summed E-state index contributed by atoms with van der Waals surface area (Å²) in [6.45, 7) is 5.15. The smallest absolute Gasteiger partial charge is 0.191 e. The lowest BCUT2D eigenvalue weighted by Crippen LogP contribution is -2.38. The van der Waals surface area contributed by atoms with Crippen LogP contribution >= 0.6 is 24.0 Å². The molecule has 1 aromatic carbocycles. The van der Waals surface area contributed by atoms with Crippen molar-refractivity contribution in [2.24, 2.45) is 4.99 Å². The van der Waals surface area contributed by atoms with Gasteiger partial charge in [-0.25, -0.2) is 4.39 Å². The molecule has 0 unspecified atom stereocenters. The van der Waals surface area contributed by atoms with Crippen molar-refractivity contribution in [1.82, 2.24) is 20.4 Å². The Balaban J connectivity index is 0.00000288. The first-order valence-corrected chi connectivity index (χ1v) is 8.02. The van der Waals surface area contributed by atoms with Crippen LogP contribution in [0.15, 0.2) is 47.7 Å². The third-order valence-electron chi connectivity index (χ3n) is 3.31. The molecule has 0 amide bonds. The number of hydrogen-bond donors (Lipinski definition) is 2. The SMILES string of the molecule is CCNC(=NCCCn1cccn1)NCCc1cccc(F)c1.I. The van der Waals surface area contributed by atoms with Crippen LogP contribution in [0.4, 0.5) is 4.39 Å². The molecule has 2 N–H and O–H groups in total. The second kappa shape index (κ2) is 11.8. The maximum Gasteiger partial charge on any atom is 0.191 e. The number of aromatic nitrogens is 2. The minimum Gasteiger partial charge on any atom is -0.357 e. The molecule has 0 saturated carbocycles. The van der Waals surface area contributed by atoms with E-state index in [1.54, 1.807) is 18.3 Å². The van der Waals surface area contributed by atoms with E-state index in [1.807, 2.05) is 29.9 Å². The number of rotatable bonds is 8. The van der Waals surface area contributed by atoms with Crippen LogP contribution in [-0.4, -0.2) is 35.4 Å². The third kappa shape index (κ3) is 7.76. The lowest BCUT2D eigenvalue weighted by molar-refractivity contribution is 0.584. The summed E-state index contributed by atoms with van der Waals surface area (Å²) in [5.74, 6) is 0.603. The molecule has 5 nitrogen and oxygen atoms in total. The summed E-state index contributed by atoms with van der Waals surface area (Å²) >= 11 is 0. The highest BCUT2D eigenvalue weighted by Crippen LogP contribution is 2.03. The molecule has 0 bridgehead atoms. The van der Waals surface area contributed by atoms with Crippen LogP contribution in [0.2, 0.25) is 0 Å². The number of aliphatic imine (C=N–C) groups is 1. The van der Waals surface area contributed by atoms with Gasteiger partial charge in [0.05, 0.1) is 0 Å². The van der Waals surface area contributed by atoms with E-state index in [4.69, 9.17) is 0 Å². The van der Waals surface area contributed by atoms with Crippen molar-refractivity contribution in [2.45, 2.75) is 26.3 Å². The van der Waals surface area contributed by atoms with Gasteiger partial charge in [0.1, 0.15) is 5.82 Å². The predicted octanol–water partition coefficient (Wildman–Crippen LogP) is 2.83. The van der Waals surface area contributed by atoms with Gasteiger partial charge >= 0.3 is 0 Å². The summed E-state index contributed by atoms with van der Waals surface area (Å²) in [5.41, 5.74) is 0.979. The molecule has 2 rings (SSSR count). The molecule has 1 heterocycles. The standard InChI is InChI=1S/C17H24FN5.HI/c1-2-19-17(20-9-4-12-23-13-5-10-22-23)21-11-8-15-6-3-7-16(18)14-15;/h3,5-7,10,13-14H,2,4,8-9,11-12H2,1H3,(H2,19,20,21);1H. The summed E-state index contributed by atoms with van der Waals surface area (Å²) in [6.07, 6.45) is 5.42. The molecular weight excluding hydrogens is 420 g/mol. The Morgan fingerprint density at radius 3 is 2.88 bits per heavy atom. The number of halogens is 2. The fourth-order valence-electron chi connectivity index (χ4n) is 2.22. The van der Waals surface area contributed by atoms with Crippen molar-refractivity contribution < 1.29 is 4.39 Å². The van der Waals surface area contributed by atoms with Crippen molar-refractivity contribution in [1.29, 1.82) is 0 Å². The van der Waals surface area contributed by atoms with Crippen molar-refractivity contribution in [2.75, 3.05) is 19.6 Å². The second-order valence-electron chi connectivity index (χ2n) is 5.19. The highest BCUT2D eigenvalue weighted by atomic mass is 127. The number of aryl methyl sites for hydroxylation is 1.